The van der Waals surface area contributed by atoms with Crippen LogP contribution >= 0.6 is 12.2 Å². The lowest BCUT2D eigenvalue weighted by Gasteiger charge is -1.96. The van der Waals surface area contributed by atoms with Crippen LogP contribution in [0.15, 0.2) is 30.9 Å². The van der Waals surface area contributed by atoms with Crippen LogP contribution in [-0.2, 0) is 0 Å². The lowest BCUT2D eigenvalue weighted by Crippen LogP contribution is -1.88. The van der Waals surface area contributed by atoms with Gasteiger partial charge in [-0.15, -0.1) is 0 Å². The van der Waals surface area contributed by atoms with Crippen LogP contribution in [0.1, 0.15) is 0 Å². The van der Waals surface area contributed by atoms with Gasteiger partial charge in [-0.05, 0) is 12.1 Å². The quantitative estimate of drug-likeness (QED) is 0.694. The second-order valence-corrected chi connectivity index (χ2v) is 2.87. The maximum absolute atomic E-state index is 4.87. The summed E-state index contributed by atoms with van der Waals surface area (Å²) >= 11 is 4.87. The number of aromatic nitrogens is 4. The van der Waals surface area contributed by atoms with Crippen LogP contribution in [-0.4, -0.2) is 20.2 Å². The second-order valence-electron chi connectivity index (χ2n) is 2.43. The van der Waals surface area contributed by atoms with Crippen molar-refractivity contribution in [2.75, 3.05) is 0 Å². The number of hydrogen-bond donors (Lipinski definition) is 1. The molecule has 0 saturated heterocycles. The largest absolute Gasteiger partial charge is 0.267 e. The Morgan fingerprint density at radius 1 is 1.15 bits per heavy atom. The van der Waals surface area contributed by atoms with Gasteiger partial charge in [-0.25, -0.2) is 9.97 Å². The van der Waals surface area contributed by atoms with E-state index in [1.807, 2.05) is 6.07 Å². The first kappa shape index (κ1) is 8.00. The molecule has 5 heteroatoms. The normalized spacial score (nSPS) is 9.85. The predicted molar refractivity (Wildman–Crippen MR) is 50.4 cm³/mol. The van der Waals surface area contributed by atoms with E-state index in [9.17, 15) is 0 Å². The van der Waals surface area contributed by atoms with Gasteiger partial charge in [-0.1, -0.05) is 12.2 Å². The molecule has 0 amide bonds. The zero-order chi connectivity index (χ0) is 9.10. The highest BCUT2D eigenvalue weighted by molar-refractivity contribution is 7.71. The Hall–Kier alpha value is -1.62. The lowest BCUT2D eigenvalue weighted by molar-refractivity contribution is 1.02. The smallest absolute Gasteiger partial charge is 0.119 e. The van der Waals surface area contributed by atoms with Crippen LogP contribution < -0.4 is 0 Å². The van der Waals surface area contributed by atoms with E-state index in [0.29, 0.717) is 4.64 Å². The van der Waals surface area contributed by atoms with E-state index in [1.165, 1.54) is 6.33 Å². The van der Waals surface area contributed by atoms with E-state index in [1.54, 1.807) is 18.5 Å². The molecule has 0 aliphatic heterocycles. The van der Waals surface area contributed by atoms with Crippen molar-refractivity contribution in [1.29, 1.82) is 0 Å². The molecular formula is C8H6N4S. The van der Waals surface area contributed by atoms with E-state index >= 15 is 0 Å². The highest BCUT2D eigenvalue weighted by atomic mass is 32.1. The average molecular weight is 190 g/mol. The van der Waals surface area contributed by atoms with Gasteiger partial charge < -0.3 is 0 Å². The van der Waals surface area contributed by atoms with Crippen LogP contribution in [0.2, 0.25) is 0 Å². The van der Waals surface area contributed by atoms with Crippen LogP contribution in [0.5, 0.6) is 0 Å². The van der Waals surface area contributed by atoms with E-state index in [-0.39, 0.29) is 0 Å². The minimum absolute atomic E-state index is 0.612. The maximum Gasteiger partial charge on any atom is 0.119 e. The summed E-state index contributed by atoms with van der Waals surface area (Å²) in [7, 11) is 0. The zero-order valence-corrected chi connectivity index (χ0v) is 7.45. The molecule has 0 spiro atoms. The Kier molecular flexibility index (Phi) is 2.09. The molecule has 0 aliphatic rings. The summed E-state index contributed by atoms with van der Waals surface area (Å²) in [4.78, 5) is 7.78. The summed E-state index contributed by atoms with van der Waals surface area (Å²) in [5, 5.41) is 6.75. The topological polar surface area (TPSA) is 54.5 Å². The van der Waals surface area contributed by atoms with Crippen molar-refractivity contribution in [3.63, 3.8) is 0 Å². The highest BCUT2D eigenvalue weighted by Crippen LogP contribution is 2.11. The molecule has 2 heterocycles. The lowest BCUT2D eigenvalue weighted by atomic mass is 10.2. The second kappa shape index (κ2) is 3.40. The fraction of sp³-hybridized carbons (Fsp3) is 0. The third kappa shape index (κ3) is 1.75. The third-order valence-electron chi connectivity index (χ3n) is 1.54. The Morgan fingerprint density at radius 3 is 2.54 bits per heavy atom. The van der Waals surface area contributed by atoms with Gasteiger partial charge in [0.25, 0.3) is 0 Å². The number of hydrogen-bond acceptors (Lipinski definition) is 4. The van der Waals surface area contributed by atoms with Gasteiger partial charge in [0.05, 0.1) is 5.69 Å². The SMILES string of the molecule is S=c1ccc(-c2cncnc2)n[nH]1. The number of nitrogens with zero attached hydrogens (tertiary/aromatic N) is 3. The summed E-state index contributed by atoms with van der Waals surface area (Å²) < 4.78 is 0.612. The Labute approximate surface area is 79.7 Å². The van der Waals surface area contributed by atoms with E-state index < -0.39 is 0 Å². The summed E-state index contributed by atoms with van der Waals surface area (Å²) in [5.41, 5.74) is 1.66. The van der Waals surface area contributed by atoms with Gasteiger partial charge >= 0.3 is 0 Å². The molecule has 0 bridgehead atoms. The number of aromatic amines is 1. The minimum atomic E-state index is 0.612. The minimum Gasteiger partial charge on any atom is -0.267 e. The fourth-order valence-corrected chi connectivity index (χ4v) is 1.05. The predicted octanol–water partition coefficient (Wildman–Crippen LogP) is 1.60. The Bertz CT molecular complexity index is 431. The van der Waals surface area contributed by atoms with Gasteiger partial charge in [0, 0.05) is 18.0 Å². The molecule has 0 radical (unpaired) electrons. The van der Waals surface area contributed by atoms with Crippen molar-refractivity contribution < 1.29 is 0 Å². The van der Waals surface area contributed by atoms with Crippen molar-refractivity contribution in [1.82, 2.24) is 20.2 Å². The van der Waals surface area contributed by atoms with Gasteiger partial charge in [-0.3, -0.25) is 5.10 Å². The highest BCUT2D eigenvalue weighted by Gasteiger charge is 1.96. The fourth-order valence-electron chi connectivity index (χ4n) is 0.937. The molecule has 0 saturated carbocycles. The molecule has 0 aliphatic carbocycles. The van der Waals surface area contributed by atoms with Gasteiger partial charge in [0.15, 0.2) is 0 Å². The molecule has 0 unspecified atom stereocenters. The summed E-state index contributed by atoms with van der Waals surface area (Å²) in [5.74, 6) is 0. The van der Waals surface area contributed by atoms with Gasteiger partial charge in [0.1, 0.15) is 11.0 Å². The summed E-state index contributed by atoms with van der Waals surface area (Å²) in [6.07, 6.45) is 4.88. The Morgan fingerprint density at radius 2 is 1.92 bits per heavy atom. The molecule has 0 atom stereocenters. The molecule has 2 aromatic heterocycles. The molecule has 0 fully saturated rings. The molecule has 1 N–H and O–H groups in total. The van der Waals surface area contributed by atoms with Crippen molar-refractivity contribution in [3.8, 4) is 11.3 Å². The molecule has 2 aromatic rings. The van der Waals surface area contributed by atoms with Crippen LogP contribution in [0.4, 0.5) is 0 Å². The van der Waals surface area contributed by atoms with E-state index in [4.69, 9.17) is 12.2 Å². The molecule has 64 valence electrons. The van der Waals surface area contributed by atoms with Gasteiger partial charge in [-0.2, -0.15) is 5.10 Å². The molecule has 4 nitrogen and oxygen atoms in total. The summed E-state index contributed by atoms with van der Waals surface area (Å²) in [6.45, 7) is 0. The standard InChI is InChI=1S/C8H6N4S/c13-8-2-1-7(11-12-8)6-3-9-5-10-4-6/h1-5H,(H,12,13). The number of nitrogens with one attached hydrogen (secondary N) is 1. The zero-order valence-electron chi connectivity index (χ0n) is 6.64. The molecule has 2 rings (SSSR count). The summed E-state index contributed by atoms with van der Waals surface area (Å²) in [6, 6.07) is 3.61. The molecular weight excluding hydrogens is 184 g/mol. The first-order valence-corrected chi connectivity index (χ1v) is 4.08. The molecule has 0 aromatic carbocycles. The van der Waals surface area contributed by atoms with Crippen molar-refractivity contribution in [3.05, 3.63) is 35.5 Å². The maximum atomic E-state index is 4.87. The van der Waals surface area contributed by atoms with E-state index in [0.717, 1.165) is 11.3 Å². The number of H-pyrrole nitrogens is 1. The van der Waals surface area contributed by atoms with Crippen LogP contribution in [0.3, 0.4) is 0 Å². The first-order chi connectivity index (χ1) is 6.36. The molecule has 13 heavy (non-hydrogen) atoms. The van der Waals surface area contributed by atoms with Crippen molar-refractivity contribution >= 4 is 12.2 Å². The first-order valence-electron chi connectivity index (χ1n) is 3.67. The Balaban J connectivity index is 2.48. The van der Waals surface area contributed by atoms with Crippen molar-refractivity contribution in [2.45, 2.75) is 0 Å². The third-order valence-corrected chi connectivity index (χ3v) is 1.76. The van der Waals surface area contributed by atoms with Gasteiger partial charge in [0.2, 0.25) is 0 Å². The monoisotopic (exact) mass is 190 g/mol. The van der Waals surface area contributed by atoms with Crippen molar-refractivity contribution in [2.24, 2.45) is 0 Å². The van der Waals surface area contributed by atoms with E-state index in [2.05, 4.69) is 20.2 Å². The van der Waals surface area contributed by atoms with Crippen LogP contribution in [0.25, 0.3) is 11.3 Å². The number of rotatable bonds is 1. The average Bonchev–Trinajstić information content (AvgIpc) is 2.20. The van der Waals surface area contributed by atoms with Crippen LogP contribution in [0, 0.1) is 4.64 Å².